The van der Waals surface area contributed by atoms with Gasteiger partial charge in [-0.2, -0.15) is 0 Å². The highest BCUT2D eigenvalue weighted by molar-refractivity contribution is 7.79. The molecule has 0 aromatic heterocycles. The topological polar surface area (TPSA) is 155 Å². The summed E-state index contributed by atoms with van der Waals surface area (Å²) in [4.78, 5) is 1.93. The van der Waals surface area contributed by atoms with E-state index in [2.05, 4.69) is 0 Å². The fourth-order valence-corrected chi connectivity index (χ4v) is 16.1. The van der Waals surface area contributed by atoms with Crippen molar-refractivity contribution in [1.29, 1.82) is 0 Å². The van der Waals surface area contributed by atoms with Crippen molar-refractivity contribution in [1.82, 2.24) is 0 Å². The van der Waals surface area contributed by atoms with Crippen molar-refractivity contribution in [2.45, 2.75) is 159 Å². The first-order valence-electron chi connectivity index (χ1n) is 21.0. The van der Waals surface area contributed by atoms with Crippen LogP contribution in [-0.2, 0) is 54.5 Å². The zero-order valence-corrected chi connectivity index (χ0v) is 43.2. The molecule has 4 unspecified atom stereocenters. The van der Waals surface area contributed by atoms with E-state index in [4.69, 9.17) is 40.9 Å². The molecular weight excluding hydrogens is 881 g/mol. The third-order valence-corrected chi connectivity index (χ3v) is 19.2. The number of benzene rings is 2. The van der Waals surface area contributed by atoms with Gasteiger partial charge >= 0.3 is 30.4 Å². The number of ether oxygens (including phenoxy) is 1. The van der Waals surface area contributed by atoms with Gasteiger partial charge in [0.05, 0.1) is 55.9 Å². The van der Waals surface area contributed by atoms with Gasteiger partial charge in [-0.05, 0) is 157 Å². The van der Waals surface area contributed by atoms with Gasteiger partial charge in [0, 0.05) is 19.8 Å². The van der Waals surface area contributed by atoms with Crippen LogP contribution in [0, 0.1) is 5.82 Å². The number of nitrogens with zero attached hydrogens (tertiary/aromatic N) is 1. The summed E-state index contributed by atoms with van der Waals surface area (Å²) < 4.78 is 129. The maximum Gasteiger partial charge on any atom is 0.370 e. The minimum Gasteiger partial charge on any atom is -0.494 e. The van der Waals surface area contributed by atoms with Crippen molar-refractivity contribution in [2.75, 3.05) is 26.1 Å². The average Bonchev–Trinajstić information content (AvgIpc) is 3.09. The van der Waals surface area contributed by atoms with Gasteiger partial charge < -0.3 is 45.8 Å². The van der Waals surface area contributed by atoms with Gasteiger partial charge in [0.15, 0.2) is 21.7 Å². The number of hydrogen-bond acceptors (Lipinski definition) is 14. The predicted molar refractivity (Wildman–Crippen MR) is 248 cm³/mol. The predicted octanol–water partition coefficient (Wildman–Crippen LogP) is 14.1. The molecule has 0 aliphatic rings. The molecule has 14 nitrogen and oxygen atoms in total. The third kappa shape index (κ3) is 17.5. The van der Waals surface area contributed by atoms with Gasteiger partial charge in [-0.15, -0.1) is 0 Å². The first kappa shape index (κ1) is 56.2. The molecule has 2 aromatic rings. The normalized spacial score (nSPS) is 16.4. The van der Waals surface area contributed by atoms with Crippen LogP contribution in [0.3, 0.4) is 0 Å². The van der Waals surface area contributed by atoms with E-state index in [0.717, 1.165) is 11.8 Å². The molecule has 0 aliphatic heterocycles. The molecule has 4 atom stereocenters. The maximum absolute atomic E-state index is 15.3. The molecule has 0 N–H and O–H groups in total. The highest BCUT2D eigenvalue weighted by Crippen LogP contribution is 2.77. The molecule has 0 saturated carbocycles. The van der Waals surface area contributed by atoms with E-state index < -0.39 is 90.1 Å². The standard InChI is InChI=1S/C43H72FNO13P4/c1-29(2)51-59(46,52-30(3)4)42(27-37-20-23-39(24-21-37)45(15)16)61(48,55-33(9)10)57-35(13)18-19-36(14)58-62(49,56-34(11)12)43(60(47,53-31(5)6)54-32(7)8)28-38-22-25-41(50-17)40(44)26-38/h20-36H,18-19H2,1-17H3/b42-27+,43-28-. The summed E-state index contributed by atoms with van der Waals surface area (Å²) in [7, 11) is -12.8. The average molecular weight is 954 g/mol. The molecular formula is C43H72FNO13P4. The fourth-order valence-electron chi connectivity index (χ4n) is 5.80. The second kappa shape index (κ2) is 24.5. The first-order valence-corrected chi connectivity index (χ1v) is 27.2. The van der Waals surface area contributed by atoms with Crippen molar-refractivity contribution < 1.29 is 63.6 Å². The van der Waals surface area contributed by atoms with Crippen molar-refractivity contribution in [3.05, 3.63) is 69.5 Å². The van der Waals surface area contributed by atoms with E-state index in [9.17, 15) is 13.5 Å². The van der Waals surface area contributed by atoms with E-state index in [0.29, 0.717) is 5.56 Å². The Morgan fingerprint density at radius 1 is 0.516 bits per heavy atom. The Morgan fingerprint density at radius 2 is 0.823 bits per heavy atom. The largest absolute Gasteiger partial charge is 0.494 e. The summed E-state index contributed by atoms with van der Waals surface area (Å²) in [6, 6.07) is 11.3. The van der Waals surface area contributed by atoms with Crippen LogP contribution in [0.1, 0.15) is 121 Å². The molecule has 0 amide bonds. The lowest BCUT2D eigenvalue weighted by Crippen LogP contribution is -2.18. The van der Waals surface area contributed by atoms with Crippen LogP contribution in [0.5, 0.6) is 5.75 Å². The summed E-state index contributed by atoms with van der Waals surface area (Å²) in [6.07, 6.45) is -2.61. The third-order valence-electron chi connectivity index (χ3n) is 8.01. The van der Waals surface area contributed by atoms with Gasteiger partial charge in [0.1, 0.15) is 0 Å². The van der Waals surface area contributed by atoms with Crippen LogP contribution in [0.4, 0.5) is 10.1 Å². The smallest absolute Gasteiger partial charge is 0.370 e. The summed E-state index contributed by atoms with van der Waals surface area (Å²) in [5.41, 5.74) is 1.64. The molecule has 2 rings (SSSR count). The molecule has 354 valence electrons. The number of methoxy groups -OCH3 is 1. The van der Waals surface area contributed by atoms with Crippen molar-refractivity contribution in [3.63, 3.8) is 0 Å². The second-order valence-electron chi connectivity index (χ2n) is 16.7. The van der Waals surface area contributed by atoms with Crippen LogP contribution in [0.15, 0.2) is 52.6 Å². The van der Waals surface area contributed by atoms with Gasteiger partial charge in [-0.1, -0.05) is 18.2 Å². The lowest BCUT2D eigenvalue weighted by molar-refractivity contribution is 0.104. The summed E-state index contributed by atoms with van der Waals surface area (Å²) in [6.45, 7) is 23.3. The van der Waals surface area contributed by atoms with Crippen LogP contribution in [0.25, 0.3) is 12.2 Å². The summed E-state index contributed by atoms with van der Waals surface area (Å²) >= 11 is 0. The minimum atomic E-state index is -4.62. The molecule has 19 heteroatoms. The van der Waals surface area contributed by atoms with Gasteiger partial charge in [-0.3, -0.25) is 18.3 Å². The van der Waals surface area contributed by atoms with Gasteiger partial charge in [0.2, 0.25) is 0 Å². The Labute approximate surface area is 370 Å². The second-order valence-corrected chi connectivity index (χ2v) is 25.0. The number of rotatable bonds is 27. The van der Waals surface area contributed by atoms with E-state index in [1.54, 1.807) is 109 Å². The number of halogens is 1. The number of anilines is 1. The van der Waals surface area contributed by atoms with E-state index in [-0.39, 0.29) is 29.2 Å². The molecule has 0 saturated heterocycles. The minimum absolute atomic E-state index is 0.0288. The molecule has 0 fully saturated rings. The van der Waals surface area contributed by atoms with Crippen LogP contribution in [-0.4, -0.2) is 70.0 Å². The quantitative estimate of drug-likeness (QED) is 0.0780. The zero-order valence-electron chi connectivity index (χ0n) is 39.7. The summed E-state index contributed by atoms with van der Waals surface area (Å²) in [5.74, 6) is -0.742. The summed E-state index contributed by atoms with van der Waals surface area (Å²) in [5, 5.41) is -0.684. The van der Waals surface area contributed by atoms with Crippen molar-refractivity contribution >= 4 is 48.2 Å². The monoisotopic (exact) mass is 953 g/mol. The first-order chi connectivity index (χ1) is 28.6. The molecule has 0 aliphatic carbocycles. The zero-order chi connectivity index (χ0) is 47.4. The van der Waals surface area contributed by atoms with E-state index >= 15 is 9.13 Å². The van der Waals surface area contributed by atoms with Crippen LogP contribution < -0.4 is 9.64 Å². The van der Waals surface area contributed by atoms with Gasteiger partial charge in [0.25, 0.3) is 0 Å². The Balaban J connectivity index is 2.69. The molecule has 0 heterocycles. The van der Waals surface area contributed by atoms with Gasteiger partial charge in [-0.25, -0.2) is 4.39 Å². The van der Waals surface area contributed by atoms with E-state index in [1.807, 2.05) is 31.1 Å². The lowest BCUT2D eigenvalue weighted by Gasteiger charge is -2.32. The molecule has 0 radical (unpaired) electrons. The SMILES string of the molecule is COc1ccc(/C=C(/P(=O)(OC(C)C)OC(C)C)P(=O)(OC(C)C)OC(C)CCC(C)OP(=O)(OC(C)C)/C(=C/c2ccc(N(C)C)cc2)P(=O)(OC(C)C)OC(C)C)cc1F. The van der Waals surface area contributed by atoms with E-state index in [1.165, 1.54) is 31.4 Å². The Hall–Kier alpha value is -1.95. The van der Waals surface area contributed by atoms with Crippen molar-refractivity contribution in [3.8, 4) is 5.75 Å². The van der Waals surface area contributed by atoms with Crippen LogP contribution >= 0.6 is 30.4 Å². The lowest BCUT2D eigenvalue weighted by atomic mass is 10.1. The molecule has 0 bridgehead atoms. The highest BCUT2D eigenvalue weighted by Gasteiger charge is 2.50. The highest BCUT2D eigenvalue weighted by atomic mass is 31.2. The molecule has 2 aromatic carbocycles. The maximum atomic E-state index is 15.3. The molecule has 62 heavy (non-hydrogen) atoms. The van der Waals surface area contributed by atoms with Crippen molar-refractivity contribution in [2.24, 2.45) is 0 Å². The Bertz CT molecular complexity index is 1960. The number of hydrogen-bond donors (Lipinski definition) is 0. The Kier molecular flexibility index (Phi) is 22.2. The molecule has 0 spiro atoms. The fraction of sp³-hybridized carbons (Fsp3) is 0.628. The van der Waals surface area contributed by atoms with Crippen LogP contribution in [0.2, 0.25) is 0 Å². The Morgan fingerprint density at radius 3 is 1.11 bits per heavy atom.